The summed E-state index contributed by atoms with van der Waals surface area (Å²) in [4.78, 5) is 24.1. The van der Waals surface area contributed by atoms with Crippen LogP contribution in [0.3, 0.4) is 0 Å². The standard InChI is InChI=1S/C31H39N3O2/c1-21(2)34-20-19-26-31(27(34)9-7-5-6-8-10-28(35)36)33-30(25-17-13-23(4)14-18-25)29(32-26)24-15-11-22(3)12-16-24/h11-18,21,27H,5-10,19-20H2,1-4H3,(H,35,36). The Labute approximate surface area is 215 Å². The minimum absolute atomic E-state index is 0.233. The molecule has 4 rings (SSSR count). The van der Waals surface area contributed by atoms with E-state index in [1.54, 1.807) is 0 Å². The molecule has 1 atom stereocenters. The van der Waals surface area contributed by atoms with Gasteiger partial charge in [0.1, 0.15) is 0 Å². The number of benzene rings is 2. The third-order valence-electron chi connectivity index (χ3n) is 7.25. The largest absolute Gasteiger partial charge is 0.481 e. The van der Waals surface area contributed by atoms with Gasteiger partial charge in [-0.2, -0.15) is 0 Å². The average Bonchev–Trinajstić information content (AvgIpc) is 2.86. The summed E-state index contributed by atoms with van der Waals surface area (Å²) < 4.78 is 0. The number of unbranched alkanes of at least 4 members (excludes halogenated alkanes) is 3. The second-order valence-electron chi connectivity index (χ2n) is 10.4. The highest BCUT2D eigenvalue weighted by molar-refractivity contribution is 5.78. The lowest BCUT2D eigenvalue weighted by atomic mass is 9.93. The molecule has 5 nitrogen and oxygen atoms in total. The molecule has 0 saturated carbocycles. The van der Waals surface area contributed by atoms with Crippen LogP contribution in [-0.4, -0.2) is 38.5 Å². The minimum Gasteiger partial charge on any atom is -0.481 e. The molecule has 1 N–H and O–H groups in total. The fourth-order valence-electron chi connectivity index (χ4n) is 5.20. The second kappa shape index (κ2) is 11.8. The quantitative estimate of drug-likeness (QED) is 0.309. The van der Waals surface area contributed by atoms with Gasteiger partial charge in [0.2, 0.25) is 0 Å². The maximum atomic E-state index is 10.8. The molecule has 1 aliphatic heterocycles. The molecule has 3 aromatic rings. The number of fused-ring (bicyclic) bond motifs is 1. The molecule has 0 spiro atoms. The van der Waals surface area contributed by atoms with Gasteiger partial charge in [-0.05, 0) is 40.5 Å². The Kier molecular flexibility index (Phi) is 8.52. The van der Waals surface area contributed by atoms with Gasteiger partial charge >= 0.3 is 5.97 Å². The van der Waals surface area contributed by atoms with E-state index >= 15 is 0 Å². The first-order valence-electron chi connectivity index (χ1n) is 13.4. The minimum atomic E-state index is -0.703. The Balaban J connectivity index is 1.70. The summed E-state index contributed by atoms with van der Waals surface area (Å²) in [6.45, 7) is 9.73. The Morgan fingerprint density at radius 3 is 2.00 bits per heavy atom. The number of aryl methyl sites for hydroxylation is 2. The zero-order valence-corrected chi connectivity index (χ0v) is 22.1. The lowest BCUT2D eigenvalue weighted by Crippen LogP contribution is -2.41. The van der Waals surface area contributed by atoms with Crippen LogP contribution in [0.1, 0.15) is 80.9 Å². The summed E-state index contributed by atoms with van der Waals surface area (Å²) in [6, 6.07) is 17.9. The summed E-state index contributed by atoms with van der Waals surface area (Å²) in [5, 5.41) is 8.91. The summed E-state index contributed by atoms with van der Waals surface area (Å²) >= 11 is 0. The van der Waals surface area contributed by atoms with Gasteiger partial charge in [0.25, 0.3) is 0 Å². The van der Waals surface area contributed by atoms with Crippen molar-refractivity contribution < 1.29 is 9.90 Å². The average molecular weight is 486 g/mol. The molecule has 2 heterocycles. The van der Waals surface area contributed by atoms with Crippen molar-refractivity contribution in [3.05, 3.63) is 71.0 Å². The maximum absolute atomic E-state index is 10.8. The molecule has 1 aromatic heterocycles. The molecule has 36 heavy (non-hydrogen) atoms. The van der Waals surface area contributed by atoms with Crippen molar-refractivity contribution in [1.82, 2.24) is 14.9 Å². The Morgan fingerprint density at radius 2 is 1.44 bits per heavy atom. The van der Waals surface area contributed by atoms with Crippen LogP contribution in [0.25, 0.3) is 22.5 Å². The van der Waals surface area contributed by atoms with Gasteiger partial charge in [0.05, 0.1) is 28.8 Å². The van der Waals surface area contributed by atoms with Gasteiger partial charge in [-0.15, -0.1) is 0 Å². The zero-order chi connectivity index (χ0) is 25.7. The predicted molar refractivity (Wildman–Crippen MR) is 146 cm³/mol. The molecule has 0 saturated heterocycles. The monoisotopic (exact) mass is 485 g/mol. The van der Waals surface area contributed by atoms with Crippen molar-refractivity contribution in [2.24, 2.45) is 0 Å². The molecular formula is C31H39N3O2. The number of nitrogens with zero attached hydrogens (tertiary/aromatic N) is 3. The van der Waals surface area contributed by atoms with Crippen molar-refractivity contribution >= 4 is 5.97 Å². The third-order valence-corrected chi connectivity index (χ3v) is 7.25. The first-order valence-corrected chi connectivity index (χ1v) is 13.4. The van der Waals surface area contributed by atoms with Crippen LogP contribution in [-0.2, 0) is 11.2 Å². The summed E-state index contributed by atoms with van der Waals surface area (Å²) in [5.41, 5.74) is 8.82. The Bertz CT molecular complexity index is 1170. The van der Waals surface area contributed by atoms with E-state index in [4.69, 9.17) is 15.1 Å². The SMILES string of the molecule is Cc1ccc(-c2nc3c(nc2-c2ccc(C)cc2)C(CCCCCCC(=O)O)N(C(C)C)CC3)cc1. The fraction of sp³-hybridized carbons (Fsp3) is 0.452. The van der Waals surface area contributed by atoms with Crippen LogP contribution in [0.2, 0.25) is 0 Å². The molecule has 0 radical (unpaired) electrons. The Morgan fingerprint density at radius 1 is 0.889 bits per heavy atom. The number of aromatic nitrogens is 2. The van der Waals surface area contributed by atoms with Crippen LogP contribution in [0.5, 0.6) is 0 Å². The normalized spacial score (nSPS) is 15.8. The number of carboxylic acid groups (broad SMARTS) is 1. The number of carbonyl (C=O) groups is 1. The summed E-state index contributed by atoms with van der Waals surface area (Å²) in [5.74, 6) is -0.703. The van der Waals surface area contributed by atoms with Crippen LogP contribution in [0.15, 0.2) is 48.5 Å². The van der Waals surface area contributed by atoms with Crippen molar-refractivity contribution in [2.45, 2.75) is 84.7 Å². The van der Waals surface area contributed by atoms with E-state index in [-0.39, 0.29) is 12.5 Å². The number of rotatable bonds is 10. The van der Waals surface area contributed by atoms with E-state index in [9.17, 15) is 4.79 Å². The molecule has 2 aromatic carbocycles. The van der Waals surface area contributed by atoms with Crippen LogP contribution < -0.4 is 0 Å². The predicted octanol–water partition coefficient (Wildman–Crippen LogP) is 7.16. The van der Waals surface area contributed by atoms with Crippen LogP contribution in [0, 0.1) is 13.8 Å². The van der Waals surface area contributed by atoms with Gasteiger partial charge in [-0.3, -0.25) is 9.69 Å². The lowest BCUT2D eigenvalue weighted by Gasteiger charge is -2.39. The van der Waals surface area contributed by atoms with E-state index in [1.165, 1.54) is 11.1 Å². The summed E-state index contributed by atoms with van der Waals surface area (Å²) in [7, 11) is 0. The maximum Gasteiger partial charge on any atom is 0.303 e. The first kappa shape index (κ1) is 26.0. The number of carboxylic acids is 1. The van der Waals surface area contributed by atoms with Gasteiger partial charge < -0.3 is 5.11 Å². The molecule has 190 valence electrons. The second-order valence-corrected chi connectivity index (χ2v) is 10.4. The molecule has 0 aliphatic carbocycles. The highest BCUT2D eigenvalue weighted by Gasteiger charge is 2.32. The van der Waals surface area contributed by atoms with Gasteiger partial charge in [0, 0.05) is 36.6 Å². The van der Waals surface area contributed by atoms with E-state index < -0.39 is 5.97 Å². The third kappa shape index (κ3) is 6.19. The number of hydrogen-bond donors (Lipinski definition) is 1. The van der Waals surface area contributed by atoms with Crippen molar-refractivity contribution in [2.75, 3.05) is 6.54 Å². The topological polar surface area (TPSA) is 66.3 Å². The molecule has 0 bridgehead atoms. The van der Waals surface area contributed by atoms with E-state index in [0.717, 1.165) is 79.0 Å². The van der Waals surface area contributed by atoms with Crippen LogP contribution in [0.4, 0.5) is 0 Å². The van der Waals surface area contributed by atoms with Gasteiger partial charge in [-0.1, -0.05) is 78.9 Å². The van der Waals surface area contributed by atoms with E-state index in [2.05, 4.69) is 81.1 Å². The number of hydrogen-bond acceptors (Lipinski definition) is 4. The van der Waals surface area contributed by atoms with E-state index in [0.29, 0.717) is 6.04 Å². The van der Waals surface area contributed by atoms with E-state index in [1.807, 2.05) is 0 Å². The van der Waals surface area contributed by atoms with Crippen molar-refractivity contribution in [3.8, 4) is 22.5 Å². The first-order chi connectivity index (χ1) is 17.3. The molecule has 1 aliphatic rings. The summed E-state index contributed by atoms with van der Waals surface area (Å²) in [6.07, 6.45) is 6.01. The van der Waals surface area contributed by atoms with Gasteiger partial charge in [0.15, 0.2) is 0 Å². The lowest BCUT2D eigenvalue weighted by molar-refractivity contribution is -0.137. The molecule has 1 unspecified atom stereocenters. The van der Waals surface area contributed by atoms with Crippen LogP contribution >= 0.6 is 0 Å². The van der Waals surface area contributed by atoms with Crippen molar-refractivity contribution in [1.29, 1.82) is 0 Å². The van der Waals surface area contributed by atoms with Crippen molar-refractivity contribution in [3.63, 3.8) is 0 Å². The molecule has 0 fully saturated rings. The molecular weight excluding hydrogens is 446 g/mol. The Hall–Kier alpha value is -3.05. The molecule has 0 amide bonds. The highest BCUT2D eigenvalue weighted by Crippen LogP contribution is 2.38. The number of aliphatic carboxylic acids is 1. The zero-order valence-electron chi connectivity index (χ0n) is 22.1. The van der Waals surface area contributed by atoms with Gasteiger partial charge in [-0.25, -0.2) is 9.97 Å². The fourth-order valence-corrected chi connectivity index (χ4v) is 5.20. The molecule has 5 heteroatoms. The smallest absolute Gasteiger partial charge is 0.303 e. The highest BCUT2D eigenvalue weighted by atomic mass is 16.4.